The van der Waals surface area contributed by atoms with Crippen molar-refractivity contribution < 1.29 is 9.16 Å². The highest BCUT2D eigenvalue weighted by Crippen LogP contribution is 2.29. The van der Waals surface area contributed by atoms with Crippen molar-refractivity contribution in [3.63, 3.8) is 0 Å². The van der Waals surface area contributed by atoms with E-state index >= 15 is 0 Å². The largest absolute Gasteiger partial charge is 0.519 e. The van der Waals surface area contributed by atoms with Crippen molar-refractivity contribution in [2.75, 3.05) is 0 Å². The van der Waals surface area contributed by atoms with E-state index in [9.17, 15) is 0 Å². The Kier molecular flexibility index (Phi) is 5.46. The number of allylic oxidation sites excluding steroid dienone is 1. The molecule has 0 unspecified atom stereocenters. The Bertz CT molecular complexity index is 432. The average molecular weight is 292 g/mol. The Morgan fingerprint density at radius 3 is 2.00 bits per heavy atom. The Balaban J connectivity index is 3.25. The first kappa shape index (κ1) is 16.8. The van der Waals surface area contributed by atoms with Gasteiger partial charge >= 0.3 is 0 Å². The molecule has 0 atom stereocenters. The van der Waals surface area contributed by atoms with Crippen LogP contribution < -0.4 is 0 Å². The van der Waals surface area contributed by atoms with Crippen LogP contribution in [0.15, 0.2) is 36.3 Å². The third kappa shape index (κ3) is 5.82. The predicted octanol–water partition coefficient (Wildman–Crippen LogP) is 5.43. The van der Waals surface area contributed by atoms with Crippen molar-refractivity contribution in [3.05, 3.63) is 41.8 Å². The first-order valence-corrected chi connectivity index (χ1v) is 10.7. The van der Waals surface area contributed by atoms with Crippen LogP contribution in [0.4, 0.5) is 0 Å². The third-order valence-electron chi connectivity index (χ3n) is 2.52. The van der Waals surface area contributed by atoms with E-state index in [1.54, 1.807) is 0 Å². The maximum absolute atomic E-state index is 6.22. The second kappa shape index (κ2) is 6.49. The van der Waals surface area contributed by atoms with Gasteiger partial charge in [-0.05, 0) is 52.4 Å². The summed E-state index contributed by atoms with van der Waals surface area (Å²) in [6, 6.07) is 10.3. The van der Waals surface area contributed by atoms with E-state index in [1.807, 2.05) is 18.2 Å². The molecule has 0 amide bonds. The zero-order valence-electron chi connectivity index (χ0n) is 13.9. The first-order chi connectivity index (χ1) is 9.12. The summed E-state index contributed by atoms with van der Waals surface area (Å²) in [4.78, 5) is 0. The maximum Gasteiger partial charge on any atom is 0.269 e. The summed E-state index contributed by atoms with van der Waals surface area (Å²) in [6.07, 6.45) is 0.889. The lowest BCUT2D eigenvalue weighted by Crippen LogP contribution is -2.30. The molecule has 0 saturated carbocycles. The van der Waals surface area contributed by atoms with Crippen LogP contribution >= 0.6 is 0 Å². The molecule has 3 heteroatoms. The van der Waals surface area contributed by atoms with Crippen LogP contribution in [0.2, 0.25) is 19.6 Å². The van der Waals surface area contributed by atoms with Crippen LogP contribution in [0.5, 0.6) is 0 Å². The van der Waals surface area contributed by atoms with Gasteiger partial charge in [-0.25, -0.2) is 0 Å². The number of hydrogen-bond acceptors (Lipinski definition) is 2. The molecule has 0 radical (unpaired) electrons. The summed E-state index contributed by atoms with van der Waals surface area (Å²) in [6.45, 7) is 14.8. The van der Waals surface area contributed by atoms with E-state index in [2.05, 4.69) is 59.5 Å². The molecule has 0 bridgehead atoms. The van der Waals surface area contributed by atoms with Gasteiger partial charge in [0, 0.05) is 5.57 Å². The van der Waals surface area contributed by atoms with E-state index in [0.29, 0.717) is 5.95 Å². The summed E-state index contributed by atoms with van der Waals surface area (Å²) >= 11 is 0. The van der Waals surface area contributed by atoms with Crippen LogP contribution in [0.3, 0.4) is 0 Å². The molecule has 112 valence electrons. The van der Waals surface area contributed by atoms with E-state index in [4.69, 9.17) is 9.16 Å². The van der Waals surface area contributed by atoms with Crippen molar-refractivity contribution in [1.29, 1.82) is 0 Å². The minimum absolute atomic E-state index is 0.260. The lowest BCUT2D eigenvalue weighted by molar-refractivity contribution is -0.00691. The lowest BCUT2D eigenvalue weighted by Gasteiger charge is -2.30. The monoisotopic (exact) mass is 292 g/mol. The maximum atomic E-state index is 6.22. The van der Waals surface area contributed by atoms with E-state index in [0.717, 1.165) is 12.0 Å². The Labute approximate surface area is 124 Å². The van der Waals surface area contributed by atoms with Crippen LogP contribution in [0.1, 0.15) is 39.7 Å². The third-order valence-corrected chi connectivity index (χ3v) is 3.32. The molecule has 1 aromatic rings. The van der Waals surface area contributed by atoms with Gasteiger partial charge in [0.2, 0.25) is 8.32 Å². The van der Waals surface area contributed by atoms with Crippen LogP contribution in [0, 0.1) is 0 Å². The topological polar surface area (TPSA) is 18.5 Å². The van der Waals surface area contributed by atoms with E-state index < -0.39 is 8.32 Å². The van der Waals surface area contributed by atoms with Crippen molar-refractivity contribution >= 4 is 13.9 Å². The fourth-order valence-corrected chi connectivity index (χ4v) is 2.53. The molecule has 0 aliphatic heterocycles. The molecule has 1 aromatic carbocycles. The van der Waals surface area contributed by atoms with Gasteiger partial charge in [0.1, 0.15) is 5.60 Å². The standard InChI is InChI=1S/C17H28O2Si/c1-8-15(14-12-10-9-11-13-14)16(18-17(2,3)4)19-20(5,6)7/h9-13H,8H2,1-7H3. The minimum Gasteiger partial charge on any atom is -0.519 e. The number of benzene rings is 1. The first-order valence-electron chi connectivity index (χ1n) is 7.29. The zero-order chi connectivity index (χ0) is 15.4. The van der Waals surface area contributed by atoms with E-state index in [1.165, 1.54) is 5.56 Å². The van der Waals surface area contributed by atoms with Crippen LogP contribution in [0.25, 0.3) is 5.57 Å². The smallest absolute Gasteiger partial charge is 0.269 e. The second-order valence-electron chi connectivity index (χ2n) is 6.91. The summed E-state index contributed by atoms with van der Waals surface area (Å²) in [5.41, 5.74) is 2.06. The molecule has 0 saturated heterocycles. The van der Waals surface area contributed by atoms with Gasteiger partial charge in [-0.3, -0.25) is 0 Å². The van der Waals surface area contributed by atoms with Gasteiger partial charge in [-0.15, -0.1) is 0 Å². The van der Waals surface area contributed by atoms with Gasteiger partial charge < -0.3 is 9.16 Å². The quantitative estimate of drug-likeness (QED) is 0.532. The van der Waals surface area contributed by atoms with Gasteiger partial charge in [0.05, 0.1) is 0 Å². The molecule has 0 spiro atoms. The van der Waals surface area contributed by atoms with Crippen LogP contribution in [-0.2, 0) is 9.16 Å². The van der Waals surface area contributed by atoms with Gasteiger partial charge in [-0.2, -0.15) is 0 Å². The van der Waals surface area contributed by atoms with Gasteiger partial charge in [-0.1, -0.05) is 37.3 Å². The summed E-state index contributed by atoms with van der Waals surface area (Å²) in [5.74, 6) is 0.699. The molecule has 0 aliphatic carbocycles. The van der Waals surface area contributed by atoms with Crippen molar-refractivity contribution in [3.8, 4) is 0 Å². The van der Waals surface area contributed by atoms with Crippen molar-refractivity contribution in [1.82, 2.24) is 0 Å². The predicted molar refractivity (Wildman–Crippen MR) is 88.9 cm³/mol. The number of hydrogen-bond donors (Lipinski definition) is 0. The molecule has 0 aliphatic rings. The molecule has 1 rings (SSSR count). The molecule has 0 fully saturated rings. The molecule has 20 heavy (non-hydrogen) atoms. The van der Waals surface area contributed by atoms with Gasteiger partial charge in [0.15, 0.2) is 0 Å². The highest BCUT2D eigenvalue weighted by atomic mass is 28.4. The minimum atomic E-state index is -1.71. The lowest BCUT2D eigenvalue weighted by atomic mass is 10.0. The summed E-state index contributed by atoms with van der Waals surface area (Å²) in [5, 5.41) is 0. The molecular weight excluding hydrogens is 264 g/mol. The molecule has 2 nitrogen and oxygen atoms in total. The van der Waals surface area contributed by atoms with Crippen molar-refractivity contribution in [2.45, 2.75) is 59.4 Å². The Morgan fingerprint density at radius 1 is 1.05 bits per heavy atom. The zero-order valence-corrected chi connectivity index (χ0v) is 14.9. The fraction of sp³-hybridized carbons (Fsp3) is 0.529. The molecule has 0 N–H and O–H groups in total. The fourth-order valence-electron chi connectivity index (χ4n) is 1.81. The van der Waals surface area contributed by atoms with E-state index in [-0.39, 0.29) is 5.60 Å². The highest BCUT2D eigenvalue weighted by molar-refractivity contribution is 6.70. The SMILES string of the molecule is CCC(=C(OC(C)(C)C)O[Si](C)(C)C)c1ccccc1. The molecule has 0 aromatic heterocycles. The number of rotatable bonds is 5. The Morgan fingerprint density at radius 2 is 1.60 bits per heavy atom. The van der Waals surface area contributed by atoms with Gasteiger partial charge in [0.25, 0.3) is 5.95 Å². The average Bonchev–Trinajstić information content (AvgIpc) is 2.26. The normalized spacial score (nSPS) is 13.8. The second-order valence-corrected chi connectivity index (χ2v) is 11.3. The highest BCUT2D eigenvalue weighted by Gasteiger charge is 2.25. The van der Waals surface area contributed by atoms with Crippen molar-refractivity contribution in [2.24, 2.45) is 0 Å². The summed E-state index contributed by atoms with van der Waals surface area (Å²) < 4.78 is 12.3. The molecular formula is C17H28O2Si. The number of ether oxygens (including phenoxy) is 1. The molecule has 0 heterocycles. The summed E-state index contributed by atoms with van der Waals surface area (Å²) in [7, 11) is -1.71. The Hall–Kier alpha value is -1.22. The van der Waals surface area contributed by atoms with Crippen LogP contribution in [-0.4, -0.2) is 13.9 Å².